The molecule has 0 aliphatic heterocycles. The minimum absolute atomic E-state index is 0.0894. The maximum absolute atomic E-state index is 13.5. The third kappa shape index (κ3) is 10.2. The predicted octanol–water partition coefficient (Wildman–Crippen LogP) is 7.84. The quantitative estimate of drug-likeness (QED) is 0.0959. The van der Waals surface area contributed by atoms with Crippen molar-refractivity contribution in [3.05, 3.63) is 88.4 Å². The Kier molecular flexibility index (Phi) is 12.4. The van der Waals surface area contributed by atoms with Crippen molar-refractivity contribution in [3.63, 3.8) is 0 Å². The third-order valence-corrected chi connectivity index (χ3v) is 10.4. The largest absolute Gasteiger partial charge is 0.494 e. The van der Waals surface area contributed by atoms with Crippen molar-refractivity contribution in [1.29, 1.82) is 0 Å². The molecule has 0 saturated heterocycles. The fourth-order valence-electron chi connectivity index (χ4n) is 5.66. The summed E-state index contributed by atoms with van der Waals surface area (Å²) in [4.78, 5) is 49.4. The van der Waals surface area contributed by atoms with Gasteiger partial charge in [-0.2, -0.15) is 0 Å². The summed E-state index contributed by atoms with van der Waals surface area (Å²) in [6, 6.07) is 17.2. The number of carbonyl (C=O) groups excluding carboxylic acids is 2. The molecule has 0 radical (unpaired) electrons. The molecule has 1 fully saturated rings. The summed E-state index contributed by atoms with van der Waals surface area (Å²) in [5, 5.41) is 15.3. The van der Waals surface area contributed by atoms with Crippen LogP contribution in [0.4, 0.5) is 0 Å². The molecular formula is C40H48N4O5S. The second-order valence-electron chi connectivity index (χ2n) is 14.1. The summed E-state index contributed by atoms with van der Waals surface area (Å²) >= 11 is 1.39. The Labute approximate surface area is 298 Å². The van der Waals surface area contributed by atoms with Gasteiger partial charge in [0.15, 0.2) is 5.82 Å². The molecule has 0 spiro atoms. The van der Waals surface area contributed by atoms with Crippen LogP contribution in [0.1, 0.15) is 92.8 Å². The van der Waals surface area contributed by atoms with Crippen LogP contribution in [-0.4, -0.2) is 51.5 Å². The summed E-state index contributed by atoms with van der Waals surface area (Å²) in [5.74, 6) is -0.624. The van der Waals surface area contributed by atoms with Crippen LogP contribution in [0.3, 0.4) is 0 Å². The molecule has 2 amide bonds. The Balaban J connectivity index is 1.23. The van der Waals surface area contributed by atoms with E-state index in [1.165, 1.54) is 37.0 Å². The first-order chi connectivity index (χ1) is 24.0. The summed E-state index contributed by atoms with van der Waals surface area (Å²) in [7, 11) is 0. The third-order valence-electron chi connectivity index (χ3n) is 8.86. The number of aromatic nitrogens is 2. The van der Waals surface area contributed by atoms with Crippen molar-refractivity contribution in [1.82, 2.24) is 20.6 Å². The summed E-state index contributed by atoms with van der Waals surface area (Å²) in [6.07, 6.45) is 11.3. The van der Waals surface area contributed by atoms with Crippen LogP contribution in [0.25, 0.3) is 22.5 Å². The van der Waals surface area contributed by atoms with Gasteiger partial charge in [-0.15, -0.1) is 11.3 Å². The Hall–Kier alpha value is -4.57. The zero-order chi connectivity index (χ0) is 35.7. The molecule has 1 aliphatic carbocycles. The van der Waals surface area contributed by atoms with Crippen LogP contribution in [0.2, 0.25) is 0 Å². The average Bonchev–Trinajstić information content (AvgIpc) is 3.81. The standard InChI is InChI=1S/C40H48N4O5S/c1-5-6-7-8-9-22-49-31-18-16-27(17-19-31)30-24-41-36(42-25-30)29-12-10-26(11-13-29)23-32(37(45)44-35(39(47)48)28-14-15-28)43-38(46)33-20-21-34(50-33)40(2,3)4/h10-13,16-21,24-25,28,32,35H,5-9,14-15,22-23H2,1-4H3,(H,43,46)(H,44,45)(H,47,48)/t32-,35-/m0/s1. The molecule has 2 aromatic heterocycles. The van der Waals surface area contributed by atoms with Crippen molar-refractivity contribution in [2.75, 3.05) is 6.61 Å². The normalized spacial score (nSPS) is 14.1. The predicted molar refractivity (Wildman–Crippen MR) is 197 cm³/mol. The second-order valence-corrected chi connectivity index (χ2v) is 15.2. The molecular weight excluding hydrogens is 649 g/mol. The Bertz CT molecular complexity index is 1730. The maximum atomic E-state index is 13.5. The number of hydrogen-bond donors (Lipinski definition) is 3. The highest BCUT2D eigenvalue weighted by Crippen LogP contribution is 2.33. The minimum atomic E-state index is -1.07. The van der Waals surface area contributed by atoms with Gasteiger partial charge in [0.05, 0.1) is 11.5 Å². The van der Waals surface area contributed by atoms with E-state index in [4.69, 9.17) is 4.74 Å². The van der Waals surface area contributed by atoms with E-state index in [1.807, 2.05) is 54.6 Å². The Morgan fingerprint density at radius 2 is 1.52 bits per heavy atom. The molecule has 0 bridgehead atoms. The van der Waals surface area contributed by atoms with Gasteiger partial charge in [0.25, 0.3) is 5.91 Å². The maximum Gasteiger partial charge on any atom is 0.326 e. The van der Waals surface area contributed by atoms with E-state index < -0.39 is 24.0 Å². The van der Waals surface area contributed by atoms with Crippen LogP contribution in [0.15, 0.2) is 73.1 Å². The lowest BCUT2D eigenvalue weighted by Crippen LogP contribution is -2.53. The number of aliphatic carboxylic acids is 1. The molecule has 2 heterocycles. The fraction of sp³-hybridized carbons (Fsp3) is 0.425. The molecule has 2 aromatic carbocycles. The number of benzene rings is 2. The van der Waals surface area contributed by atoms with Crippen molar-refractivity contribution in [2.24, 2.45) is 5.92 Å². The molecule has 1 saturated carbocycles. The van der Waals surface area contributed by atoms with Crippen LogP contribution >= 0.6 is 11.3 Å². The highest BCUT2D eigenvalue weighted by molar-refractivity contribution is 7.14. The topological polar surface area (TPSA) is 131 Å². The number of carboxylic acids is 1. The first kappa shape index (κ1) is 36.7. The summed E-state index contributed by atoms with van der Waals surface area (Å²) < 4.78 is 5.89. The number of thiophene rings is 1. The SMILES string of the molecule is CCCCCCCOc1ccc(-c2cnc(-c3ccc(C[C@H](NC(=O)c4ccc(C(C)(C)C)s4)C(=O)N[C@H](C(=O)O)C4CC4)cc3)nc2)cc1. The average molecular weight is 697 g/mol. The van der Waals surface area contributed by atoms with E-state index in [0.717, 1.165) is 58.7 Å². The van der Waals surface area contributed by atoms with Gasteiger partial charge in [-0.05, 0) is 66.0 Å². The molecule has 1 aliphatic rings. The van der Waals surface area contributed by atoms with Gasteiger partial charge in [0.2, 0.25) is 5.91 Å². The second kappa shape index (κ2) is 16.9. The van der Waals surface area contributed by atoms with Crippen LogP contribution in [0, 0.1) is 5.92 Å². The molecule has 5 rings (SSSR count). The van der Waals surface area contributed by atoms with E-state index >= 15 is 0 Å². The molecule has 10 heteroatoms. The fourth-order valence-corrected chi connectivity index (χ4v) is 6.62. The van der Waals surface area contributed by atoms with Crippen LogP contribution in [-0.2, 0) is 21.4 Å². The van der Waals surface area contributed by atoms with Crippen molar-refractivity contribution >= 4 is 29.1 Å². The number of nitrogens with one attached hydrogen (secondary N) is 2. The van der Waals surface area contributed by atoms with Crippen LogP contribution < -0.4 is 15.4 Å². The number of rotatable bonds is 17. The molecule has 4 aromatic rings. The van der Waals surface area contributed by atoms with E-state index in [9.17, 15) is 19.5 Å². The van der Waals surface area contributed by atoms with E-state index in [0.29, 0.717) is 10.7 Å². The first-order valence-electron chi connectivity index (χ1n) is 17.6. The number of carbonyl (C=O) groups is 3. The summed E-state index contributed by atoms with van der Waals surface area (Å²) in [6.45, 7) is 9.17. The van der Waals surface area contributed by atoms with Gasteiger partial charge in [-0.25, -0.2) is 14.8 Å². The molecule has 0 unspecified atom stereocenters. The Morgan fingerprint density at radius 1 is 0.860 bits per heavy atom. The van der Waals surface area contributed by atoms with Gasteiger partial charge in [-0.3, -0.25) is 9.59 Å². The lowest BCUT2D eigenvalue weighted by Gasteiger charge is -2.21. The van der Waals surface area contributed by atoms with Gasteiger partial charge in [0.1, 0.15) is 17.8 Å². The number of hydrogen-bond acceptors (Lipinski definition) is 7. The van der Waals surface area contributed by atoms with Gasteiger partial charge >= 0.3 is 5.97 Å². The molecule has 2 atom stereocenters. The number of unbranched alkanes of at least 4 members (excludes halogenated alkanes) is 4. The van der Waals surface area contributed by atoms with Crippen molar-refractivity contribution in [3.8, 4) is 28.3 Å². The van der Waals surface area contributed by atoms with E-state index in [2.05, 4.69) is 48.3 Å². The summed E-state index contributed by atoms with van der Waals surface area (Å²) in [5.41, 5.74) is 3.39. The van der Waals surface area contributed by atoms with Gasteiger partial charge in [0, 0.05) is 34.8 Å². The smallest absolute Gasteiger partial charge is 0.326 e. The first-order valence-corrected chi connectivity index (χ1v) is 18.4. The van der Waals surface area contributed by atoms with Gasteiger partial charge < -0.3 is 20.5 Å². The highest BCUT2D eigenvalue weighted by Gasteiger charge is 2.38. The molecule has 264 valence electrons. The monoisotopic (exact) mass is 696 g/mol. The van der Waals surface area contributed by atoms with Gasteiger partial charge in [-0.1, -0.05) is 89.8 Å². The molecule has 3 N–H and O–H groups in total. The number of nitrogens with zero attached hydrogens (tertiary/aromatic N) is 2. The lowest BCUT2D eigenvalue weighted by molar-refractivity contribution is -0.142. The zero-order valence-corrected chi connectivity index (χ0v) is 30.2. The minimum Gasteiger partial charge on any atom is -0.494 e. The van der Waals surface area contributed by atoms with Crippen LogP contribution in [0.5, 0.6) is 5.75 Å². The molecule has 9 nitrogen and oxygen atoms in total. The van der Waals surface area contributed by atoms with E-state index in [1.54, 1.807) is 18.5 Å². The lowest BCUT2D eigenvalue weighted by atomic mass is 9.95. The highest BCUT2D eigenvalue weighted by atomic mass is 32.1. The zero-order valence-electron chi connectivity index (χ0n) is 29.4. The van der Waals surface area contributed by atoms with Crippen molar-refractivity contribution < 1.29 is 24.2 Å². The van der Waals surface area contributed by atoms with Crippen molar-refractivity contribution in [2.45, 2.75) is 96.6 Å². The molecule has 50 heavy (non-hydrogen) atoms. The number of ether oxygens (including phenoxy) is 1. The Morgan fingerprint density at radius 3 is 2.12 bits per heavy atom. The van der Waals surface area contributed by atoms with E-state index in [-0.39, 0.29) is 23.7 Å². The number of carboxylic acid groups (broad SMARTS) is 1. The number of amides is 2.